The molecule has 0 aliphatic carbocycles. The fourth-order valence-corrected chi connectivity index (χ4v) is 3.18. The Labute approximate surface area is 115 Å². The number of hydrogen-bond donors (Lipinski definition) is 1. The summed E-state index contributed by atoms with van der Waals surface area (Å²) in [6, 6.07) is 6.88. The molecule has 19 heavy (non-hydrogen) atoms. The molecule has 2 nitrogen and oxygen atoms in total. The van der Waals surface area contributed by atoms with Crippen LogP contribution in [-0.4, -0.2) is 30.0 Å². The number of aromatic amines is 1. The molecule has 0 radical (unpaired) electrons. The van der Waals surface area contributed by atoms with Gasteiger partial charge >= 0.3 is 0 Å². The van der Waals surface area contributed by atoms with Crippen LogP contribution in [0.25, 0.3) is 10.9 Å². The van der Waals surface area contributed by atoms with Gasteiger partial charge < -0.3 is 9.88 Å². The predicted molar refractivity (Wildman–Crippen MR) is 81.9 cm³/mol. The maximum absolute atomic E-state index is 3.45. The Bertz CT molecular complexity index is 560. The second kappa shape index (κ2) is 5.01. The Morgan fingerprint density at radius 2 is 1.95 bits per heavy atom. The summed E-state index contributed by atoms with van der Waals surface area (Å²) in [4.78, 5) is 5.88. The summed E-state index contributed by atoms with van der Waals surface area (Å²) in [5.41, 5.74) is 4.27. The molecule has 2 heterocycles. The van der Waals surface area contributed by atoms with Crippen LogP contribution in [0.4, 0.5) is 0 Å². The van der Waals surface area contributed by atoms with Crippen molar-refractivity contribution in [2.24, 2.45) is 0 Å². The molecule has 1 aliphatic rings. The molecule has 102 valence electrons. The van der Waals surface area contributed by atoms with Gasteiger partial charge in [0.1, 0.15) is 0 Å². The molecule has 0 unspecified atom stereocenters. The molecular formula is C17H24N2. The first-order chi connectivity index (χ1) is 9.15. The Balaban J connectivity index is 1.97. The van der Waals surface area contributed by atoms with Gasteiger partial charge in [-0.2, -0.15) is 0 Å². The second-order valence-electron chi connectivity index (χ2n) is 6.28. The number of fused-ring (bicyclic) bond motifs is 1. The average Bonchev–Trinajstić information content (AvgIpc) is 2.82. The van der Waals surface area contributed by atoms with Gasteiger partial charge in [0, 0.05) is 17.1 Å². The summed E-state index contributed by atoms with van der Waals surface area (Å²) in [5.74, 6) is 1.33. The zero-order valence-corrected chi connectivity index (χ0v) is 12.2. The van der Waals surface area contributed by atoms with Crippen molar-refractivity contribution in [3.63, 3.8) is 0 Å². The lowest BCUT2D eigenvalue weighted by molar-refractivity contribution is 0.256. The fraction of sp³-hybridized carbons (Fsp3) is 0.529. The normalized spacial score (nSPS) is 18.5. The van der Waals surface area contributed by atoms with E-state index in [2.05, 4.69) is 55.2 Å². The number of piperidine rings is 1. The third kappa shape index (κ3) is 2.42. The zero-order chi connectivity index (χ0) is 13.4. The van der Waals surface area contributed by atoms with E-state index in [1.54, 1.807) is 0 Å². The summed E-state index contributed by atoms with van der Waals surface area (Å²) < 4.78 is 0. The van der Waals surface area contributed by atoms with Gasteiger partial charge in [0.25, 0.3) is 0 Å². The topological polar surface area (TPSA) is 19.0 Å². The van der Waals surface area contributed by atoms with Crippen LogP contribution in [0.1, 0.15) is 49.7 Å². The largest absolute Gasteiger partial charge is 0.361 e. The predicted octanol–water partition coefficient (Wildman–Crippen LogP) is 4.10. The highest BCUT2D eigenvalue weighted by Crippen LogP contribution is 2.34. The van der Waals surface area contributed by atoms with Crippen LogP contribution in [-0.2, 0) is 0 Å². The Morgan fingerprint density at radius 1 is 1.21 bits per heavy atom. The van der Waals surface area contributed by atoms with Gasteiger partial charge in [-0.3, -0.25) is 0 Å². The maximum Gasteiger partial charge on any atom is 0.0457 e. The lowest BCUT2D eigenvalue weighted by atomic mass is 9.88. The molecular weight excluding hydrogens is 232 g/mol. The van der Waals surface area contributed by atoms with Crippen LogP contribution in [0.15, 0.2) is 24.4 Å². The van der Waals surface area contributed by atoms with Gasteiger partial charge in [-0.25, -0.2) is 0 Å². The first kappa shape index (κ1) is 12.7. The van der Waals surface area contributed by atoms with Crippen LogP contribution in [0.2, 0.25) is 0 Å². The summed E-state index contributed by atoms with van der Waals surface area (Å²) >= 11 is 0. The zero-order valence-electron chi connectivity index (χ0n) is 12.2. The van der Waals surface area contributed by atoms with Crippen molar-refractivity contribution in [3.05, 3.63) is 35.5 Å². The van der Waals surface area contributed by atoms with E-state index in [0.29, 0.717) is 5.92 Å². The first-order valence-electron chi connectivity index (χ1n) is 7.44. The molecule has 3 rings (SSSR count). The number of H-pyrrole nitrogens is 1. The second-order valence-corrected chi connectivity index (χ2v) is 6.28. The highest BCUT2D eigenvalue weighted by Gasteiger charge is 2.21. The van der Waals surface area contributed by atoms with Crippen molar-refractivity contribution < 1.29 is 0 Å². The van der Waals surface area contributed by atoms with Gasteiger partial charge in [-0.05, 0) is 68.1 Å². The highest BCUT2D eigenvalue weighted by atomic mass is 15.1. The van der Waals surface area contributed by atoms with Crippen LogP contribution in [0.3, 0.4) is 0 Å². The molecule has 0 saturated carbocycles. The number of nitrogens with zero attached hydrogens (tertiary/aromatic N) is 1. The third-order valence-corrected chi connectivity index (χ3v) is 4.56. The van der Waals surface area contributed by atoms with Gasteiger partial charge in [-0.15, -0.1) is 0 Å². The Morgan fingerprint density at radius 3 is 2.63 bits per heavy atom. The molecule has 1 saturated heterocycles. The molecule has 0 atom stereocenters. The van der Waals surface area contributed by atoms with E-state index >= 15 is 0 Å². The number of benzene rings is 1. The Kier molecular flexibility index (Phi) is 3.36. The monoisotopic (exact) mass is 256 g/mol. The lowest BCUT2D eigenvalue weighted by Crippen LogP contribution is -2.29. The van der Waals surface area contributed by atoms with Gasteiger partial charge in [-0.1, -0.05) is 19.9 Å². The molecule has 1 aromatic heterocycles. The van der Waals surface area contributed by atoms with Crippen molar-refractivity contribution in [1.82, 2.24) is 9.88 Å². The maximum atomic E-state index is 3.45. The van der Waals surface area contributed by atoms with E-state index in [9.17, 15) is 0 Å². The van der Waals surface area contributed by atoms with Crippen LogP contribution >= 0.6 is 0 Å². The minimum Gasteiger partial charge on any atom is -0.361 e. The average molecular weight is 256 g/mol. The summed E-state index contributed by atoms with van der Waals surface area (Å²) in [6.07, 6.45) is 4.81. The van der Waals surface area contributed by atoms with E-state index in [-0.39, 0.29) is 0 Å². The van der Waals surface area contributed by atoms with Crippen molar-refractivity contribution in [3.8, 4) is 0 Å². The molecule has 0 bridgehead atoms. The summed E-state index contributed by atoms with van der Waals surface area (Å²) in [6.45, 7) is 6.98. The van der Waals surface area contributed by atoms with E-state index in [1.165, 1.54) is 48.0 Å². The minimum atomic E-state index is 0.602. The quantitative estimate of drug-likeness (QED) is 0.857. The van der Waals surface area contributed by atoms with E-state index in [1.807, 2.05) is 0 Å². The smallest absolute Gasteiger partial charge is 0.0457 e. The van der Waals surface area contributed by atoms with Gasteiger partial charge in [0.15, 0.2) is 0 Å². The molecule has 1 N–H and O–H groups in total. The summed E-state index contributed by atoms with van der Waals surface area (Å²) in [5, 5.41) is 1.45. The fourth-order valence-electron chi connectivity index (χ4n) is 3.18. The van der Waals surface area contributed by atoms with Gasteiger partial charge in [0.2, 0.25) is 0 Å². The molecule has 2 aromatic rings. The number of likely N-dealkylation sites (tertiary alicyclic amines) is 1. The highest BCUT2D eigenvalue weighted by molar-refractivity contribution is 5.84. The number of nitrogens with one attached hydrogen (secondary N) is 1. The number of hydrogen-bond acceptors (Lipinski definition) is 1. The Hall–Kier alpha value is -1.28. The van der Waals surface area contributed by atoms with Crippen molar-refractivity contribution in [1.29, 1.82) is 0 Å². The molecule has 1 aromatic carbocycles. The lowest BCUT2D eigenvalue weighted by Gasteiger charge is -2.28. The number of rotatable bonds is 2. The van der Waals surface area contributed by atoms with Crippen LogP contribution < -0.4 is 0 Å². The molecule has 0 amide bonds. The van der Waals surface area contributed by atoms with E-state index < -0.39 is 0 Å². The molecule has 2 heteroatoms. The van der Waals surface area contributed by atoms with Crippen molar-refractivity contribution in [2.45, 2.75) is 38.5 Å². The number of aromatic nitrogens is 1. The standard InChI is InChI=1S/C17H24N2/c1-12(2)14-4-5-17-15(10-14)16(11-18-17)13-6-8-19(3)9-7-13/h4-5,10-13,18H,6-9H2,1-3H3. The minimum absolute atomic E-state index is 0.602. The van der Waals surface area contributed by atoms with Crippen LogP contribution in [0, 0.1) is 0 Å². The third-order valence-electron chi connectivity index (χ3n) is 4.56. The molecule has 0 spiro atoms. The first-order valence-corrected chi connectivity index (χ1v) is 7.44. The van der Waals surface area contributed by atoms with Crippen LogP contribution in [0.5, 0.6) is 0 Å². The SMILES string of the molecule is CC(C)c1ccc2[nH]cc(C3CCN(C)CC3)c2c1. The van der Waals surface area contributed by atoms with Gasteiger partial charge in [0.05, 0.1) is 0 Å². The molecule has 1 fully saturated rings. The summed E-state index contributed by atoms with van der Waals surface area (Å²) in [7, 11) is 2.22. The van der Waals surface area contributed by atoms with E-state index in [0.717, 1.165) is 5.92 Å². The van der Waals surface area contributed by atoms with Crippen molar-refractivity contribution >= 4 is 10.9 Å². The molecule has 1 aliphatic heterocycles. The van der Waals surface area contributed by atoms with E-state index in [4.69, 9.17) is 0 Å². The van der Waals surface area contributed by atoms with Crippen molar-refractivity contribution in [2.75, 3.05) is 20.1 Å².